The van der Waals surface area contributed by atoms with Crippen molar-refractivity contribution in [1.29, 1.82) is 0 Å². The predicted molar refractivity (Wildman–Crippen MR) is 21.9 cm³/mol. The van der Waals surface area contributed by atoms with E-state index in [1.54, 1.807) is 0 Å². The molecule has 0 heterocycles. The van der Waals surface area contributed by atoms with Crippen molar-refractivity contribution in [3.05, 3.63) is 4.91 Å². The molecule has 0 aliphatic rings. The van der Waals surface area contributed by atoms with Crippen molar-refractivity contribution in [2.75, 3.05) is 0 Å². The first kappa shape index (κ1) is 9.30. The molecule has 0 atom stereocenters. The Morgan fingerprint density at radius 2 is 1.70 bits per heavy atom. The van der Waals surface area contributed by atoms with Crippen LogP contribution in [-0.4, -0.2) is 14.8 Å². The average Bonchev–Trinajstić information content (AvgIpc) is 1.60. The van der Waals surface area contributed by atoms with E-state index in [4.69, 9.17) is 4.91 Å². The van der Waals surface area contributed by atoms with Gasteiger partial charge in [0.15, 0.2) is 0 Å². The Kier molecular flexibility index (Phi) is 2.33. The standard InChI is InChI=1S/CF3NO4S/c2-1(3,4)9-10(7,8)5-6. The highest BCUT2D eigenvalue weighted by molar-refractivity contribution is 7.85. The van der Waals surface area contributed by atoms with Crippen molar-refractivity contribution in [2.24, 2.45) is 4.58 Å². The summed E-state index contributed by atoms with van der Waals surface area (Å²) in [7, 11) is -5.33. The summed E-state index contributed by atoms with van der Waals surface area (Å²) in [6.07, 6.45) is -5.40. The third-order valence-electron chi connectivity index (χ3n) is 0.291. The number of hydrogen-bond donors (Lipinski definition) is 0. The minimum Gasteiger partial charge on any atom is -0.171 e. The third kappa shape index (κ3) is 4.21. The van der Waals surface area contributed by atoms with E-state index in [-0.39, 0.29) is 0 Å². The summed E-state index contributed by atoms with van der Waals surface area (Å²) in [5, 5.41) is 0. The van der Waals surface area contributed by atoms with Gasteiger partial charge in [0.25, 0.3) is 0 Å². The van der Waals surface area contributed by atoms with Crippen molar-refractivity contribution in [3.8, 4) is 0 Å². The van der Waals surface area contributed by atoms with Crippen LogP contribution in [0.3, 0.4) is 0 Å². The van der Waals surface area contributed by atoms with E-state index in [0.717, 1.165) is 4.58 Å². The summed E-state index contributed by atoms with van der Waals surface area (Å²) in [6.45, 7) is 0. The maximum absolute atomic E-state index is 10.9. The molecule has 0 radical (unpaired) electrons. The molecule has 5 nitrogen and oxygen atoms in total. The lowest BCUT2D eigenvalue weighted by atomic mass is 11.4. The average molecular weight is 179 g/mol. The lowest BCUT2D eigenvalue weighted by molar-refractivity contribution is -0.271. The van der Waals surface area contributed by atoms with Crippen LogP contribution in [0.4, 0.5) is 13.2 Å². The second-order valence-electron chi connectivity index (χ2n) is 1.03. The molecule has 0 rings (SSSR count). The van der Waals surface area contributed by atoms with Crippen LogP contribution >= 0.6 is 0 Å². The first-order valence-corrected chi connectivity index (χ1v) is 3.00. The molecule has 0 aliphatic heterocycles. The number of nitroso groups, excluding NO2 is 1. The normalized spacial score (nSPS) is 13.1. The van der Waals surface area contributed by atoms with Crippen LogP contribution < -0.4 is 0 Å². The molecule has 0 aliphatic carbocycles. The lowest BCUT2D eigenvalue weighted by Crippen LogP contribution is -2.17. The first-order valence-electron chi connectivity index (χ1n) is 1.64. The third-order valence-corrected chi connectivity index (χ3v) is 0.873. The molecule has 0 unspecified atom stereocenters. The summed E-state index contributed by atoms with van der Waals surface area (Å²) < 4.78 is 55.4. The Hall–Kier alpha value is -0.700. The van der Waals surface area contributed by atoms with Gasteiger partial charge in [-0.25, -0.2) is 0 Å². The zero-order valence-corrected chi connectivity index (χ0v) is 4.94. The fourth-order valence-corrected chi connectivity index (χ4v) is 0.404. The van der Waals surface area contributed by atoms with E-state index in [1.807, 2.05) is 0 Å². The van der Waals surface area contributed by atoms with Crippen LogP contribution in [0, 0.1) is 4.91 Å². The SMILES string of the molecule is O=NS(=O)(=O)OC(F)(F)F. The van der Waals surface area contributed by atoms with Crippen LogP contribution in [0.25, 0.3) is 0 Å². The van der Waals surface area contributed by atoms with E-state index in [0.29, 0.717) is 0 Å². The topological polar surface area (TPSA) is 72.8 Å². The van der Waals surface area contributed by atoms with E-state index >= 15 is 0 Å². The molecular formula is CF3NO4S. The maximum Gasteiger partial charge on any atom is 0.538 e. The molecule has 0 aromatic rings. The summed E-state index contributed by atoms with van der Waals surface area (Å²) in [6, 6.07) is 0. The van der Waals surface area contributed by atoms with Crippen LogP contribution in [0.2, 0.25) is 0 Å². The molecular weight excluding hydrogens is 179 g/mol. The van der Waals surface area contributed by atoms with E-state index < -0.39 is 16.7 Å². The number of nitrogens with zero attached hydrogens (tertiary/aromatic N) is 1. The molecule has 0 aromatic carbocycles. The maximum atomic E-state index is 10.9. The van der Waals surface area contributed by atoms with Crippen LogP contribution in [0.1, 0.15) is 0 Å². The zero-order valence-electron chi connectivity index (χ0n) is 4.12. The molecule has 0 saturated carbocycles. The Morgan fingerprint density at radius 3 is 1.80 bits per heavy atom. The minimum atomic E-state index is -5.40. The zero-order chi connectivity index (χ0) is 8.41. The van der Waals surface area contributed by atoms with E-state index in [9.17, 15) is 21.6 Å². The highest BCUT2D eigenvalue weighted by Crippen LogP contribution is 2.19. The number of halogens is 3. The lowest BCUT2D eigenvalue weighted by Gasteiger charge is -2.00. The quantitative estimate of drug-likeness (QED) is 0.579. The predicted octanol–water partition coefficient (Wildman–Crippen LogP) is 0.534. The summed E-state index contributed by atoms with van der Waals surface area (Å²) in [5.41, 5.74) is 0. The monoisotopic (exact) mass is 179 g/mol. The Bertz CT molecular complexity index is 215. The molecule has 0 fully saturated rings. The van der Waals surface area contributed by atoms with Crippen LogP contribution in [0.5, 0.6) is 0 Å². The van der Waals surface area contributed by atoms with Gasteiger partial charge in [0.2, 0.25) is 0 Å². The first-order chi connectivity index (χ1) is 4.27. The van der Waals surface area contributed by atoms with Crippen molar-refractivity contribution < 1.29 is 25.8 Å². The molecule has 0 amide bonds. The van der Waals surface area contributed by atoms with Gasteiger partial charge in [0, 0.05) is 0 Å². The Balaban J connectivity index is 4.32. The van der Waals surface area contributed by atoms with Gasteiger partial charge in [-0.05, 0) is 0 Å². The van der Waals surface area contributed by atoms with Gasteiger partial charge < -0.3 is 0 Å². The van der Waals surface area contributed by atoms with Crippen LogP contribution in [0.15, 0.2) is 4.58 Å². The molecule has 0 N–H and O–H groups in total. The minimum absolute atomic E-state index is 1.09. The van der Waals surface area contributed by atoms with Crippen LogP contribution in [-0.2, 0) is 14.5 Å². The van der Waals surface area contributed by atoms with Gasteiger partial charge >= 0.3 is 16.7 Å². The molecule has 0 saturated heterocycles. The van der Waals surface area contributed by atoms with E-state index in [1.165, 1.54) is 0 Å². The summed E-state index contributed by atoms with van der Waals surface area (Å²) in [5.74, 6) is 0. The number of hydrogen-bond acceptors (Lipinski definition) is 4. The highest BCUT2D eigenvalue weighted by atomic mass is 32.2. The van der Waals surface area contributed by atoms with Gasteiger partial charge in [-0.15, -0.1) is 18.1 Å². The largest absolute Gasteiger partial charge is 0.538 e. The molecule has 10 heavy (non-hydrogen) atoms. The van der Waals surface area contributed by atoms with Crippen molar-refractivity contribution in [2.45, 2.75) is 6.36 Å². The van der Waals surface area contributed by atoms with Crippen molar-refractivity contribution in [3.63, 3.8) is 0 Å². The van der Waals surface area contributed by atoms with Gasteiger partial charge in [0.05, 0.1) is 4.58 Å². The molecule has 9 heteroatoms. The van der Waals surface area contributed by atoms with Crippen molar-refractivity contribution >= 4 is 10.3 Å². The fourth-order valence-electron chi connectivity index (χ4n) is 0.135. The molecule has 0 spiro atoms. The summed E-state index contributed by atoms with van der Waals surface area (Å²) in [4.78, 5) is 9.04. The number of alkyl halides is 3. The van der Waals surface area contributed by atoms with Gasteiger partial charge in [-0.3, -0.25) is 0 Å². The second kappa shape index (κ2) is 2.50. The highest BCUT2D eigenvalue weighted by Gasteiger charge is 2.37. The molecule has 0 aromatic heterocycles. The fraction of sp³-hybridized carbons (Fsp3) is 1.00. The van der Waals surface area contributed by atoms with Gasteiger partial charge in [0.1, 0.15) is 0 Å². The Labute approximate surface area is 53.0 Å². The van der Waals surface area contributed by atoms with Gasteiger partial charge in [-0.1, -0.05) is 0 Å². The number of rotatable bonds is 2. The molecule has 60 valence electrons. The molecule has 0 bridgehead atoms. The Morgan fingerprint density at radius 1 is 1.30 bits per heavy atom. The second-order valence-corrected chi connectivity index (χ2v) is 2.20. The smallest absolute Gasteiger partial charge is 0.171 e. The summed E-state index contributed by atoms with van der Waals surface area (Å²) >= 11 is 0. The van der Waals surface area contributed by atoms with Gasteiger partial charge in [-0.2, -0.15) is 12.6 Å². The van der Waals surface area contributed by atoms with Crippen molar-refractivity contribution in [1.82, 2.24) is 0 Å². The van der Waals surface area contributed by atoms with E-state index in [2.05, 4.69) is 4.18 Å².